The maximum Gasteiger partial charge on any atom is 0.326 e. The van der Waals surface area contributed by atoms with E-state index in [1.54, 1.807) is 14.0 Å². The van der Waals surface area contributed by atoms with Gasteiger partial charge in [-0.1, -0.05) is 37.3 Å². The Morgan fingerprint density at radius 3 is 2.44 bits per heavy atom. The van der Waals surface area contributed by atoms with Crippen molar-refractivity contribution in [3.05, 3.63) is 35.9 Å². The summed E-state index contributed by atoms with van der Waals surface area (Å²) in [6, 6.07) is 8.31. The first-order valence-corrected chi connectivity index (χ1v) is 5.83. The van der Waals surface area contributed by atoms with E-state index < -0.39 is 12.0 Å². The number of carbonyl (C=O) groups is 2. The Morgan fingerprint density at radius 2 is 1.94 bits per heavy atom. The van der Waals surface area contributed by atoms with E-state index in [4.69, 9.17) is 5.11 Å². The van der Waals surface area contributed by atoms with E-state index in [0.717, 1.165) is 5.56 Å². The van der Waals surface area contributed by atoms with Crippen LogP contribution in [0.15, 0.2) is 30.3 Å². The van der Waals surface area contributed by atoms with Gasteiger partial charge in [0.25, 0.3) is 0 Å². The van der Waals surface area contributed by atoms with Gasteiger partial charge >= 0.3 is 12.0 Å². The average molecular weight is 250 g/mol. The fourth-order valence-corrected chi connectivity index (χ4v) is 1.53. The molecule has 5 nitrogen and oxygen atoms in total. The molecule has 0 radical (unpaired) electrons. The molecule has 5 heteroatoms. The fraction of sp³-hybridized carbons (Fsp3) is 0.385. The van der Waals surface area contributed by atoms with Crippen LogP contribution in [0.2, 0.25) is 0 Å². The lowest BCUT2D eigenvalue weighted by molar-refractivity contribution is -0.139. The van der Waals surface area contributed by atoms with E-state index >= 15 is 0 Å². The number of urea groups is 1. The van der Waals surface area contributed by atoms with Crippen LogP contribution in [0.1, 0.15) is 18.9 Å². The largest absolute Gasteiger partial charge is 0.480 e. The minimum absolute atomic E-state index is 0.361. The molecule has 0 unspecified atom stereocenters. The summed E-state index contributed by atoms with van der Waals surface area (Å²) in [5, 5.41) is 11.3. The van der Waals surface area contributed by atoms with Crippen LogP contribution >= 0.6 is 0 Å². The van der Waals surface area contributed by atoms with E-state index in [-0.39, 0.29) is 6.03 Å². The van der Waals surface area contributed by atoms with Gasteiger partial charge in [0.2, 0.25) is 0 Å². The second-order valence-corrected chi connectivity index (χ2v) is 4.09. The summed E-state index contributed by atoms with van der Waals surface area (Å²) >= 11 is 0. The molecule has 0 heterocycles. The Balaban J connectivity index is 2.54. The maximum absolute atomic E-state index is 11.8. The standard InChI is InChI=1S/C13H18N2O3/c1-3-11(12(16)17)14-13(18)15(2)9-10-7-5-4-6-8-10/h4-8,11H,3,9H2,1-2H3,(H,14,18)(H,16,17)/t11-/m0/s1. The van der Waals surface area contributed by atoms with E-state index in [9.17, 15) is 9.59 Å². The number of amides is 2. The predicted octanol–water partition coefficient (Wildman–Crippen LogP) is 1.69. The van der Waals surface area contributed by atoms with Crippen LogP contribution in [0, 0.1) is 0 Å². The molecule has 0 spiro atoms. The third-order valence-corrected chi connectivity index (χ3v) is 2.61. The number of carboxylic acids is 1. The summed E-state index contributed by atoms with van der Waals surface area (Å²) < 4.78 is 0. The molecular formula is C13H18N2O3. The Kier molecular flexibility index (Phi) is 5.17. The lowest BCUT2D eigenvalue weighted by Gasteiger charge is -2.20. The quantitative estimate of drug-likeness (QED) is 0.835. The van der Waals surface area contributed by atoms with Crippen molar-refractivity contribution in [3.63, 3.8) is 0 Å². The number of benzene rings is 1. The van der Waals surface area contributed by atoms with Gasteiger partial charge in [-0.3, -0.25) is 0 Å². The Bertz CT molecular complexity index is 406. The van der Waals surface area contributed by atoms with Gasteiger partial charge in [-0.05, 0) is 12.0 Å². The number of carbonyl (C=O) groups excluding carboxylic acids is 1. The average Bonchev–Trinajstić information content (AvgIpc) is 2.36. The highest BCUT2D eigenvalue weighted by atomic mass is 16.4. The van der Waals surface area contributed by atoms with Crippen LogP contribution in [0.25, 0.3) is 0 Å². The van der Waals surface area contributed by atoms with Crippen LogP contribution in [0.3, 0.4) is 0 Å². The highest BCUT2D eigenvalue weighted by Gasteiger charge is 2.19. The van der Waals surface area contributed by atoms with Crippen molar-refractivity contribution in [2.75, 3.05) is 7.05 Å². The second-order valence-electron chi connectivity index (χ2n) is 4.09. The number of carboxylic acid groups (broad SMARTS) is 1. The molecule has 98 valence electrons. The lowest BCUT2D eigenvalue weighted by atomic mass is 10.2. The summed E-state index contributed by atoms with van der Waals surface area (Å²) in [4.78, 5) is 24.0. The molecule has 1 aromatic carbocycles. The topological polar surface area (TPSA) is 69.6 Å². The number of rotatable bonds is 5. The zero-order valence-corrected chi connectivity index (χ0v) is 10.6. The van der Waals surface area contributed by atoms with Crippen molar-refractivity contribution in [1.82, 2.24) is 10.2 Å². The van der Waals surface area contributed by atoms with Crippen molar-refractivity contribution < 1.29 is 14.7 Å². The SMILES string of the molecule is CC[C@H](NC(=O)N(C)Cc1ccccc1)C(=O)O. The summed E-state index contributed by atoms with van der Waals surface area (Å²) in [7, 11) is 1.64. The van der Waals surface area contributed by atoms with Gasteiger partial charge in [0.05, 0.1) is 0 Å². The number of aliphatic carboxylic acids is 1. The van der Waals surface area contributed by atoms with Crippen LogP contribution in [-0.4, -0.2) is 35.1 Å². The van der Waals surface area contributed by atoms with E-state index in [1.165, 1.54) is 4.90 Å². The zero-order valence-electron chi connectivity index (χ0n) is 10.6. The summed E-state index contributed by atoms with van der Waals surface area (Å²) in [5.74, 6) is -1.01. The van der Waals surface area contributed by atoms with Gasteiger partial charge in [-0.25, -0.2) is 9.59 Å². The van der Waals surface area contributed by atoms with Crippen LogP contribution in [0.5, 0.6) is 0 Å². The first-order chi connectivity index (χ1) is 8.54. The molecule has 1 rings (SSSR count). The molecule has 0 fully saturated rings. The van der Waals surface area contributed by atoms with Crippen LogP contribution in [-0.2, 0) is 11.3 Å². The van der Waals surface area contributed by atoms with Gasteiger partial charge in [0, 0.05) is 13.6 Å². The Labute approximate surface area is 106 Å². The second kappa shape index (κ2) is 6.64. The number of nitrogens with zero attached hydrogens (tertiary/aromatic N) is 1. The van der Waals surface area contributed by atoms with Crippen molar-refractivity contribution in [3.8, 4) is 0 Å². The highest BCUT2D eigenvalue weighted by Crippen LogP contribution is 2.03. The van der Waals surface area contributed by atoms with Gasteiger partial charge in [-0.15, -0.1) is 0 Å². The molecule has 0 bridgehead atoms. The lowest BCUT2D eigenvalue weighted by Crippen LogP contribution is -2.46. The smallest absolute Gasteiger partial charge is 0.326 e. The van der Waals surface area contributed by atoms with Gasteiger partial charge < -0.3 is 15.3 Å². The first kappa shape index (κ1) is 14.0. The molecule has 0 aliphatic heterocycles. The molecule has 0 aliphatic rings. The van der Waals surface area contributed by atoms with Crippen molar-refractivity contribution in [2.45, 2.75) is 25.9 Å². The minimum Gasteiger partial charge on any atom is -0.480 e. The van der Waals surface area contributed by atoms with Gasteiger partial charge in [0.1, 0.15) is 6.04 Å². The molecule has 0 aliphatic carbocycles. The van der Waals surface area contributed by atoms with Crippen molar-refractivity contribution in [2.24, 2.45) is 0 Å². The molecule has 18 heavy (non-hydrogen) atoms. The van der Waals surface area contributed by atoms with Gasteiger partial charge in [-0.2, -0.15) is 0 Å². The van der Waals surface area contributed by atoms with Crippen LogP contribution < -0.4 is 5.32 Å². The number of hydrogen-bond acceptors (Lipinski definition) is 2. The van der Waals surface area contributed by atoms with E-state index in [1.807, 2.05) is 30.3 Å². The molecule has 0 aromatic heterocycles. The number of hydrogen-bond donors (Lipinski definition) is 2. The summed E-state index contributed by atoms with van der Waals surface area (Å²) in [6.45, 7) is 2.17. The normalized spacial score (nSPS) is 11.7. The van der Waals surface area contributed by atoms with E-state index in [2.05, 4.69) is 5.32 Å². The zero-order chi connectivity index (χ0) is 13.5. The third-order valence-electron chi connectivity index (χ3n) is 2.61. The monoisotopic (exact) mass is 250 g/mol. The Hall–Kier alpha value is -2.04. The van der Waals surface area contributed by atoms with Gasteiger partial charge in [0.15, 0.2) is 0 Å². The molecule has 0 saturated heterocycles. The van der Waals surface area contributed by atoms with E-state index in [0.29, 0.717) is 13.0 Å². The first-order valence-electron chi connectivity index (χ1n) is 5.83. The summed E-state index contributed by atoms with van der Waals surface area (Å²) in [5.41, 5.74) is 0.999. The molecule has 2 amide bonds. The maximum atomic E-state index is 11.8. The molecule has 1 atom stereocenters. The molecule has 1 aromatic rings. The molecular weight excluding hydrogens is 232 g/mol. The van der Waals surface area contributed by atoms with Crippen molar-refractivity contribution >= 4 is 12.0 Å². The number of nitrogens with one attached hydrogen (secondary N) is 1. The highest BCUT2D eigenvalue weighted by molar-refractivity contribution is 5.82. The fourth-order valence-electron chi connectivity index (χ4n) is 1.53. The van der Waals surface area contributed by atoms with Crippen LogP contribution in [0.4, 0.5) is 4.79 Å². The predicted molar refractivity (Wildman–Crippen MR) is 68.2 cm³/mol. The third kappa shape index (κ3) is 4.08. The minimum atomic E-state index is -1.01. The molecule has 2 N–H and O–H groups in total. The van der Waals surface area contributed by atoms with Crippen molar-refractivity contribution in [1.29, 1.82) is 0 Å². The molecule has 0 saturated carbocycles. The Morgan fingerprint density at radius 1 is 1.33 bits per heavy atom. The summed E-state index contributed by atoms with van der Waals surface area (Å²) in [6.07, 6.45) is 0.361.